The Balaban J connectivity index is 2.26. The smallest absolute Gasteiger partial charge is 0.337 e. The average Bonchev–Trinajstić information content (AvgIpc) is 2.81. The lowest BCUT2D eigenvalue weighted by atomic mass is 10.2. The molecule has 5 heteroatoms. The van der Waals surface area contributed by atoms with E-state index in [1.807, 2.05) is 7.05 Å². The van der Waals surface area contributed by atoms with Crippen LogP contribution in [0.15, 0.2) is 12.3 Å². The van der Waals surface area contributed by atoms with Crippen LogP contribution in [0, 0.1) is 0 Å². The Morgan fingerprint density at radius 3 is 2.76 bits per heavy atom. The summed E-state index contributed by atoms with van der Waals surface area (Å²) >= 11 is 5.79. The Morgan fingerprint density at radius 1 is 1.53 bits per heavy atom. The number of pyridine rings is 1. The van der Waals surface area contributed by atoms with Crippen molar-refractivity contribution in [2.75, 3.05) is 11.9 Å². The van der Waals surface area contributed by atoms with E-state index in [4.69, 9.17) is 16.7 Å². The Hall–Kier alpha value is -1.29. The zero-order chi connectivity index (χ0) is 12.4. The Bertz CT molecular complexity index is 431. The van der Waals surface area contributed by atoms with Crippen LogP contribution in [0.4, 0.5) is 5.82 Å². The van der Waals surface area contributed by atoms with Crippen molar-refractivity contribution in [2.45, 2.75) is 31.7 Å². The fourth-order valence-corrected chi connectivity index (χ4v) is 2.45. The number of halogens is 1. The third-order valence-corrected chi connectivity index (χ3v) is 3.61. The molecule has 1 N–H and O–H groups in total. The monoisotopic (exact) mass is 254 g/mol. The Labute approximate surface area is 105 Å². The van der Waals surface area contributed by atoms with E-state index in [1.54, 1.807) is 6.07 Å². The van der Waals surface area contributed by atoms with Gasteiger partial charge in [0.05, 0.1) is 10.6 Å². The lowest BCUT2D eigenvalue weighted by molar-refractivity contribution is 0.0697. The second kappa shape index (κ2) is 4.92. The van der Waals surface area contributed by atoms with Crippen LogP contribution in [0.25, 0.3) is 0 Å². The standard InChI is InChI=1S/C12H15ClN2O2/c1-15(8-4-2-3-5-8)11-6-9(12(16)17)10(13)7-14-11/h6-8H,2-5H2,1H3,(H,16,17). The second-order valence-electron chi connectivity index (χ2n) is 4.38. The number of aromatic nitrogens is 1. The van der Waals surface area contributed by atoms with E-state index in [0.717, 1.165) is 12.8 Å². The first-order valence-electron chi connectivity index (χ1n) is 5.71. The zero-order valence-electron chi connectivity index (χ0n) is 9.69. The van der Waals surface area contributed by atoms with Crippen molar-refractivity contribution in [3.8, 4) is 0 Å². The van der Waals surface area contributed by atoms with Crippen LogP contribution < -0.4 is 4.90 Å². The average molecular weight is 255 g/mol. The summed E-state index contributed by atoms with van der Waals surface area (Å²) in [5.74, 6) is -0.336. The summed E-state index contributed by atoms with van der Waals surface area (Å²) in [6, 6.07) is 2.01. The first kappa shape index (κ1) is 12.2. The largest absolute Gasteiger partial charge is 0.478 e. The SMILES string of the molecule is CN(c1cc(C(=O)O)c(Cl)cn1)C1CCCC1. The minimum absolute atomic E-state index is 0.113. The van der Waals surface area contributed by atoms with Gasteiger partial charge >= 0.3 is 5.97 Å². The number of carboxylic acid groups (broad SMARTS) is 1. The lowest BCUT2D eigenvalue weighted by Gasteiger charge is -2.25. The van der Waals surface area contributed by atoms with Crippen molar-refractivity contribution in [1.82, 2.24) is 4.98 Å². The van der Waals surface area contributed by atoms with Gasteiger partial charge < -0.3 is 10.0 Å². The molecule has 1 saturated carbocycles. The van der Waals surface area contributed by atoms with Gasteiger partial charge in [-0.25, -0.2) is 9.78 Å². The highest BCUT2D eigenvalue weighted by Crippen LogP contribution is 2.27. The van der Waals surface area contributed by atoms with Gasteiger partial charge in [-0.3, -0.25) is 0 Å². The first-order valence-corrected chi connectivity index (χ1v) is 6.09. The maximum atomic E-state index is 11.0. The number of hydrogen-bond acceptors (Lipinski definition) is 3. The molecule has 4 nitrogen and oxygen atoms in total. The molecule has 17 heavy (non-hydrogen) atoms. The molecule has 92 valence electrons. The van der Waals surface area contributed by atoms with E-state index in [0.29, 0.717) is 11.9 Å². The molecule has 0 bridgehead atoms. The van der Waals surface area contributed by atoms with Gasteiger partial charge in [0.15, 0.2) is 0 Å². The number of aromatic carboxylic acids is 1. The molecule has 1 fully saturated rings. The third-order valence-electron chi connectivity index (χ3n) is 3.31. The van der Waals surface area contributed by atoms with Gasteiger partial charge in [0.1, 0.15) is 5.82 Å². The summed E-state index contributed by atoms with van der Waals surface area (Å²) < 4.78 is 0. The van der Waals surface area contributed by atoms with Crippen LogP contribution in [0.1, 0.15) is 36.0 Å². The molecule has 1 aromatic heterocycles. The predicted octanol–water partition coefficient (Wildman–Crippen LogP) is 2.81. The number of carbonyl (C=O) groups is 1. The molecular weight excluding hydrogens is 240 g/mol. The Kier molecular flexibility index (Phi) is 3.52. The summed E-state index contributed by atoms with van der Waals surface area (Å²) in [4.78, 5) is 17.2. The normalized spacial score (nSPS) is 16.1. The van der Waals surface area contributed by atoms with Gasteiger partial charge in [0.25, 0.3) is 0 Å². The van der Waals surface area contributed by atoms with Gasteiger partial charge in [0, 0.05) is 19.3 Å². The molecule has 0 unspecified atom stereocenters. The molecule has 0 spiro atoms. The van der Waals surface area contributed by atoms with E-state index >= 15 is 0 Å². The highest BCUT2D eigenvalue weighted by Gasteiger charge is 2.21. The van der Waals surface area contributed by atoms with Crippen LogP contribution in [-0.2, 0) is 0 Å². The van der Waals surface area contributed by atoms with Gasteiger partial charge in [-0.1, -0.05) is 24.4 Å². The number of carboxylic acids is 1. The van der Waals surface area contributed by atoms with Crippen molar-refractivity contribution >= 4 is 23.4 Å². The third kappa shape index (κ3) is 2.52. The predicted molar refractivity (Wildman–Crippen MR) is 66.9 cm³/mol. The molecule has 0 aromatic carbocycles. The first-order chi connectivity index (χ1) is 8.09. The molecule has 1 aromatic rings. The van der Waals surface area contributed by atoms with Crippen LogP contribution in [0.3, 0.4) is 0 Å². The van der Waals surface area contributed by atoms with Crippen molar-refractivity contribution in [2.24, 2.45) is 0 Å². The molecule has 0 aliphatic heterocycles. The molecule has 0 atom stereocenters. The summed E-state index contributed by atoms with van der Waals surface area (Å²) in [7, 11) is 1.96. The molecule has 1 aliphatic rings. The van der Waals surface area contributed by atoms with Gasteiger partial charge in [-0.2, -0.15) is 0 Å². The number of anilines is 1. The topological polar surface area (TPSA) is 53.4 Å². The lowest BCUT2D eigenvalue weighted by Crippen LogP contribution is -2.29. The van der Waals surface area contributed by atoms with Gasteiger partial charge in [0.2, 0.25) is 0 Å². The number of hydrogen-bond donors (Lipinski definition) is 1. The highest BCUT2D eigenvalue weighted by molar-refractivity contribution is 6.33. The Morgan fingerprint density at radius 2 is 2.18 bits per heavy atom. The molecular formula is C12H15ClN2O2. The minimum Gasteiger partial charge on any atom is -0.478 e. The molecule has 2 rings (SSSR count). The summed E-state index contributed by atoms with van der Waals surface area (Å²) in [6.07, 6.45) is 6.15. The molecule has 0 amide bonds. The quantitative estimate of drug-likeness (QED) is 0.901. The summed E-state index contributed by atoms with van der Waals surface area (Å²) in [6.45, 7) is 0. The van der Waals surface area contributed by atoms with Crippen molar-refractivity contribution in [1.29, 1.82) is 0 Å². The summed E-state index contributed by atoms with van der Waals surface area (Å²) in [5.41, 5.74) is 0.113. The molecule has 1 heterocycles. The maximum Gasteiger partial charge on any atom is 0.337 e. The van der Waals surface area contributed by atoms with Crippen molar-refractivity contribution < 1.29 is 9.90 Å². The number of rotatable bonds is 3. The van der Waals surface area contributed by atoms with Crippen LogP contribution in [0.5, 0.6) is 0 Å². The second-order valence-corrected chi connectivity index (χ2v) is 4.78. The fraction of sp³-hybridized carbons (Fsp3) is 0.500. The molecule has 0 saturated heterocycles. The van der Waals surface area contributed by atoms with E-state index in [2.05, 4.69) is 9.88 Å². The van der Waals surface area contributed by atoms with Crippen LogP contribution >= 0.6 is 11.6 Å². The van der Waals surface area contributed by atoms with Gasteiger partial charge in [-0.05, 0) is 18.9 Å². The van der Waals surface area contributed by atoms with E-state index in [-0.39, 0.29) is 10.6 Å². The maximum absolute atomic E-state index is 11.0. The fourth-order valence-electron chi connectivity index (χ4n) is 2.26. The molecule has 0 radical (unpaired) electrons. The minimum atomic E-state index is -1.02. The zero-order valence-corrected chi connectivity index (χ0v) is 10.4. The van der Waals surface area contributed by atoms with Crippen molar-refractivity contribution in [3.05, 3.63) is 22.8 Å². The van der Waals surface area contributed by atoms with Crippen molar-refractivity contribution in [3.63, 3.8) is 0 Å². The van der Waals surface area contributed by atoms with E-state index in [9.17, 15) is 4.79 Å². The van der Waals surface area contributed by atoms with Crippen LogP contribution in [-0.4, -0.2) is 29.1 Å². The number of nitrogens with zero attached hydrogens (tertiary/aromatic N) is 2. The summed E-state index contributed by atoms with van der Waals surface area (Å²) in [5, 5.41) is 9.19. The highest BCUT2D eigenvalue weighted by atomic mass is 35.5. The van der Waals surface area contributed by atoms with Gasteiger partial charge in [-0.15, -0.1) is 0 Å². The molecule has 1 aliphatic carbocycles. The van der Waals surface area contributed by atoms with E-state index in [1.165, 1.54) is 19.0 Å². The van der Waals surface area contributed by atoms with E-state index < -0.39 is 5.97 Å². The van der Waals surface area contributed by atoms with Crippen LogP contribution in [0.2, 0.25) is 5.02 Å².